The highest BCUT2D eigenvalue weighted by molar-refractivity contribution is 5.87. The summed E-state index contributed by atoms with van der Waals surface area (Å²) in [4.78, 5) is 22.5. The molecule has 0 saturated carbocycles. The topological polar surface area (TPSA) is 75.6 Å². The van der Waals surface area contributed by atoms with Crippen LogP contribution in [0.1, 0.15) is 35.2 Å². The van der Waals surface area contributed by atoms with Crippen molar-refractivity contribution < 1.29 is 19.4 Å². The second-order valence-electron chi connectivity index (χ2n) is 4.96. The van der Waals surface area contributed by atoms with Crippen molar-refractivity contribution in [3.63, 3.8) is 0 Å². The molecule has 0 aromatic heterocycles. The Morgan fingerprint density at radius 2 is 1.85 bits per heavy atom. The van der Waals surface area contributed by atoms with E-state index >= 15 is 0 Å². The number of carbonyl (C=O) groups is 2. The van der Waals surface area contributed by atoms with E-state index < -0.39 is 5.97 Å². The molecule has 108 valence electrons. The maximum Gasteiger partial charge on any atom is 0.335 e. The standard InChI is InChI=1S/C15H19NO4/c17-14(16-13-7-9-20-10-8-13)6-3-11-1-4-12(5-2-11)15(18)19/h1-2,4-5,13H,3,6-10H2,(H,16,17)(H,18,19). The molecule has 20 heavy (non-hydrogen) atoms. The van der Waals surface area contributed by atoms with Gasteiger partial charge < -0.3 is 15.2 Å². The summed E-state index contributed by atoms with van der Waals surface area (Å²) < 4.78 is 5.24. The molecule has 1 fully saturated rings. The first-order chi connectivity index (χ1) is 9.65. The van der Waals surface area contributed by atoms with Crippen LogP contribution in [0.2, 0.25) is 0 Å². The second kappa shape index (κ2) is 7.05. The van der Waals surface area contributed by atoms with Crippen molar-refractivity contribution in [2.24, 2.45) is 0 Å². The molecule has 1 aliphatic heterocycles. The first-order valence-electron chi connectivity index (χ1n) is 6.84. The van der Waals surface area contributed by atoms with E-state index in [0.717, 1.165) is 18.4 Å². The van der Waals surface area contributed by atoms with Gasteiger partial charge in [0, 0.05) is 25.7 Å². The summed E-state index contributed by atoms with van der Waals surface area (Å²) in [6, 6.07) is 6.86. The summed E-state index contributed by atoms with van der Waals surface area (Å²) in [5, 5.41) is 11.8. The molecule has 1 amide bonds. The SMILES string of the molecule is O=C(CCc1ccc(C(=O)O)cc1)NC1CCOCC1. The molecule has 0 aliphatic carbocycles. The van der Waals surface area contributed by atoms with Gasteiger partial charge in [0.2, 0.25) is 5.91 Å². The summed E-state index contributed by atoms with van der Waals surface area (Å²) >= 11 is 0. The smallest absolute Gasteiger partial charge is 0.335 e. The normalized spacial score (nSPS) is 15.8. The van der Waals surface area contributed by atoms with Crippen LogP contribution in [-0.2, 0) is 16.0 Å². The molecule has 1 aromatic carbocycles. The van der Waals surface area contributed by atoms with E-state index in [1.54, 1.807) is 24.3 Å². The van der Waals surface area contributed by atoms with Gasteiger partial charge in [-0.1, -0.05) is 12.1 Å². The van der Waals surface area contributed by atoms with E-state index in [0.29, 0.717) is 26.1 Å². The van der Waals surface area contributed by atoms with E-state index in [4.69, 9.17) is 9.84 Å². The molecule has 0 unspecified atom stereocenters. The third kappa shape index (κ3) is 4.35. The van der Waals surface area contributed by atoms with Crippen molar-refractivity contribution >= 4 is 11.9 Å². The van der Waals surface area contributed by atoms with Gasteiger partial charge in [0.25, 0.3) is 0 Å². The monoisotopic (exact) mass is 277 g/mol. The van der Waals surface area contributed by atoms with Crippen LogP contribution in [0.4, 0.5) is 0 Å². The lowest BCUT2D eigenvalue weighted by molar-refractivity contribution is -0.122. The predicted molar refractivity (Wildman–Crippen MR) is 73.7 cm³/mol. The molecule has 1 aliphatic rings. The largest absolute Gasteiger partial charge is 0.478 e. The molecule has 5 heteroatoms. The first kappa shape index (κ1) is 14.5. The number of carbonyl (C=O) groups excluding carboxylic acids is 1. The molecule has 1 heterocycles. The van der Waals surface area contributed by atoms with Crippen LogP contribution in [0, 0.1) is 0 Å². The average molecular weight is 277 g/mol. The molecular formula is C15H19NO4. The van der Waals surface area contributed by atoms with Crippen LogP contribution in [0.15, 0.2) is 24.3 Å². The molecule has 2 N–H and O–H groups in total. The number of aryl methyl sites for hydroxylation is 1. The number of aromatic carboxylic acids is 1. The quantitative estimate of drug-likeness (QED) is 0.857. The van der Waals surface area contributed by atoms with Crippen molar-refractivity contribution in [3.05, 3.63) is 35.4 Å². The van der Waals surface area contributed by atoms with Crippen molar-refractivity contribution in [2.75, 3.05) is 13.2 Å². The number of hydrogen-bond donors (Lipinski definition) is 2. The highest BCUT2D eigenvalue weighted by Crippen LogP contribution is 2.09. The molecule has 1 aromatic rings. The number of benzene rings is 1. The van der Waals surface area contributed by atoms with Crippen molar-refractivity contribution in [3.8, 4) is 0 Å². The average Bonchev–Trinajstić information content (AvgIpc) is 2.46. The molecular weight excluding hydrogens is 258 g/mol. The van der Waals surface area contributed by atoms with Gasteiger partial charge in [0.15, 0.2) is 0 Å². The van der Waals surface area contributed by atoms with E-state index in [1.807, 2.05) is 0 Å². The van der Waals surface area contributed by atoms with Gasteiger partial charge >= 0.3 is 5.97 Å². The number of rotatable bonds is 5. The van der Waals surface area contributed by atoms with E-state index in [9.17, 15) is 9.59 Å². The lowest BCUT2D eigenvalue weighted by Crippen LogP contribution is -2.38. The summed E-state index contributed by atoms with van der Waals surface area (Å²) in [5.41, 5.74) is 1.23. The fraction of sp³-hybridized carbons (Fsp3) is 0.467. The number of hydrogen-bond acceptors (Lipinski definition) is 3. The van der Waals surface area contributed by atoms with Gasteiger partial charge in [-0.2, -0.15) is 0 Å². The lowest BCUT2D eigenvalue weighted by Gasteiger charge is -2.23. The van der Waals surface area contributed by atoms with E-state index in [1.165, 1.54) is 0 Å². The number of carboxylic acid groups (broad SMARTS) is 1. The predicted octanol–water partition coefficient (Wildman–Crippen LogP) is 1.61. The molecule has 1 saturated heterocycles. The van der Waals surface area contributed by atoms with Gasteiger partial charge in [-0.25, -0.2) is 4.79 Å². The minimum atomic E-state index is -0.936. The zero-order chi connectivity index (χ0) is 14.4. The maximum absolute atomic E-state index is 11.8. The highest BCUT2D eigenvalue weighted by Gasteiger charge is 2.15. The van der Waals surface area contributed by atoms with Gasteiger partial charge in [-0.15, -0.1) is 0 Å². The van der Waals surface area contributed by atoms with Gasteiger partial charge in [0.1, 0.15) is 0 Å². The Labute approximate surface area is 117 Å². The maximum atomic E-state index is 11.8. The summed E-state index contributed by atoms with van der Waals surface area (Å²) in [6.45, 7) is 1.42. The third-order valence-corrected chi connectivity index (χ3v) is 3.43. The number of carboxylic acids is 1. The Kier molecular flexibility index (Phi) is 5.12. The van der Waals surface area contributed by atoms with Crippen molar-refractivity contribution in [1.29, 1.82) is 0 Å². The minimum Gasteiger partial charge on any atom is -0.478 e. The van der Waals surface area contributed by atoms with Crippen LogP contribution in [0.3, 0.4) is 0 Å². The Balaban J connectivity index is 1.76. The fourth-order valence-electron chi connectivity index (χ4n) is 2.21. The van der Waals surface area contributed by atoms with Crippen LogP contribution >= 0.6 is 0 Å². The van der Waals surface area contributed by atoms with Gasteiger partial charge in [0.05, 0.1) is 5.56 Å². The van der Waals surface area contributed by atoms with Gasteiger partial charge in [-0.05, 0) is 37.0 Å². The number of amides is 1. The van der Waals surface area contributed by atoms with E-state index in [2.05, 4.69) is 5.32 Å². The molecule has 0 radical (unpaired) electrons. The van der Waals surface area contributed by atoms with Crippen LogP contribution < -0.4 is 5.32 Å². The highest BCUT2D eigenvalue weighted by atomic mass is 16.5. The Hall–Kier alpha value is -1.88. The minimum absolute atomic E-state index is 0.0409. The van der Waals surface area contributed by atoms with Gasteiger partial charge in [-0.3, -0.25) is 4.79 Å². The Bertz CT molecular complexity index is 463. The third-order valence-electron chi connectivity index (χ3n) is 3.43. The molecule has 0 bridgehead atoms. The summed E-state index contributed by atoms with van der Waals surface area (Å²) in [7, 11) is 0. The fourth-order valence-corrected chi connectivity index (χ4v) is 2.21. The number of ether oxygens (including phenoxy) is 1. The zero-order valence-corrected chi connectivity index (χ0v) is 11.3. The van der Waals surface area contributed by atoms with Crippen molar-refractivity contribution in [1.82, 2.24) is 5.32 Å². The summed E-state index contributed by atoms with van der Waals surface area (Å²) in [5.74, 6) is -0.895. The molecule has 2 rings (SSSR count). The van der Waals surface area contributed by atoms with Crippen LogP contribution in [0.5, 0.6) is 0 Å². The van der Waals surface area contributed by atoms with Crippen LogP contribution in [-0.4, -0.2) is 36.2 Å². The summed E-state index contributed by atoms with van der Waals surface area (Å²) in [6.07, 6.45) is 2.79. The number of nitrogens with one attached hydrogen (secondary N) is 1. The Morgan fingerprint density at radius 1 is 1.20 bits per heavy atom. The molecule has 0 atom stereocenters. The Morgan fingerprint density at radius 3 is 2.45 bits per heavy atom. The first-order valence-corrected chi connectivity index (χ1v) is 6.84. The van der Waals surface area contributed by atoms with Crippen LogP contribution in [0.25, 0.3) is 0 Å². The van der Waals surface area contributed by atoms with E-state index in [-0.39, 0.29) is 17.5 Å². The van der Waals surface area contributed by atoms with Crippen molar-refractivity contribution in [2.45, 2.75) is 31.7 Å². The lowest BCUT2D eigenvalue weighted by atomic mass is 10.1. The zero-order valence-electron chi connectivity index (χ0n) is 11.3. The molecule has 5 nitrogen and oxygen atoms in total. The molecule has 0 spiro atoms. The second-order valence-corrected chi connectivity index (χ2v) is 4.96.